The molecule has 0 spiro atoms. The monoisotopic (exact) mass is 259 g/mol. The van der Waals surface area contributed by atoms with Crippen molar-refractivity contribution in [2.24, 2.45) is 0 Å². The van der Waals surface area contributed by atoms with Crippen LogP contribution in [0.3, 0.4) is 0 Å². The van der Waals surface area contributed by atoms with E-state index in [1.165, 1.54) is 0 Å². The summed E-state index contributed by atoms with van der Waals surface area (Å²) >= 11 is 0. The molecule has 0 amide bonds. The van der Waals surface area contributed by atoms with Crippen LogP contribution in [0.4, 0.5) is 0 Å². The second-order valence-corrected chi connectivity index (χ2v) is 5.16. The van der Waals surface area contributed by atoms with Gasteiger partial charge in [-0.1, -0.05) is 18.2 Å². The first-order valence-electron chi connectivity index (χ1n) is 6.62. The summed E-state index contributed by atoms with van der Waals surface area (Å²) in [5.74, 6) is -0.879. The summed E-state index contributed by atoms with van der Waals surface area (Å²) in [4.78, 5) is 11.3. The molecule has 1 aliphatic heterocycles. The van der Waals surface area contributed by atoms with Gasteiger partial charge in [-0.2, -0.15) is 0 Å². The number of nitrogens with zero attached hydrogens (tertiary/aromatic N) is 1. The Morgan fingerprint density at radius 3 is 2.89 bits per heavy atom. The highest BCUT2D eigenvalue weighted by Gasteiger charge is 2.23. The van der Waals surface area contributed by atoms with Crippen molar-refractivity contribution in [1.82, 2.24) is 4.57 Å². The van der Waals surface area contributed by atoms with Crippen LogP contribution in [0.2, 0.25) is 0 Å². The van der Waals surface area contributed by atoms with Crippen molar-refractivity contribution >= 4 is 16.9 Å². The lowest BCUT2D eigenvalue weighted by Crippen LogP contribution is -2.15. The van der Waals surface area contributed by atoms with Crippen LogP contribution in [0.1, 0.15) is 30.1 Å². The van der Waals surface area contributed by atoms with Gasteiger partial charge in [0.1, 0.15) is 0 Å². The molecule has 1 N–H and O–H groups in total. The topological polar surface area (TPSA) is 51.5 Å². The first-order chi connectivity index (χ1) is 9.15. The van der Waals surface area contributed by atoms with Crippen molar-refractivity contribution in [2.75, 3.05) is 0 Å². The van der Waals surface area contributed by atoms with Crippen molar-refractivity contribution in [3.63, 3.8) is 0 Å². The van der Waals surface area contributed by atoms with Gasteiger partial charge >= 0.3 is 5.97 Å². The van der Waals surface area contributed by atoms with Gasteiger partial charge in [-0.25, -0.2) is 4.79 Å². The van der Waals surface area contributed by atoms with Gasteiger partial charge in [0.2, 0.25) is 0 Å². The number of fused-ring (bicyclic) bond motifs is 1. The van der Waals surface area contributed by atoms with Crippen LogP contribution in [0.5, 0.6) is 0 Å². The number of aromatic carboxylic acids is 1. The fourth-order valence-corrected chi connectivity index (χ4v) is 2.81. The van der Waals surface area contributed by atoms with Crippen molar-refractivity contribution in [2.45, 2.75) is 38.5 Å². The molecule has 4 nitrogen and oxygen atoms in total. The summed E-state index contributed by atoms with van der Waals surface area (Å²) in [5.41, 5.74) is 1.32. The predicted molar refractivity (Wildman–Crippen MR) is 72.5 cm³/mol. The first-order valence-corrected chi connectivity index (χ1v) is 6.62. The Hall–Kier alpha value is -1.81. The maximum atomic E-state index is 11.3. The quantitative estimate of drug-likeness (QED) is 0.922. The van der Waals surface area contributed by atoms with E-state index in [1.54, 1.807) is 6.20 Å². The summed E-state index contributed by atoms with van der Waals surface area (Å²) in [6, 6.07) is 7.61. The Labute approximate surface area is 111 Å². The fourth-order valence-electron chi connectivity index (χ4n) is 2.81. The van der Waals surface area contributed by atoms with Gasteiger partial charge in [-0.15, -0.1) is 0 Å². The molecule has 1 fully saturated rings. The maximum Gasteiger partial charge on any atom is 0.337 e. The number of benzene rings is 1. The number of carbonyl (C=O) groups is 1. The van der Waals surface area contributed by atoms with Gasteiger partial charge in [0.05, 0.1) is 17.8 Å². The fraction of sp³-hybridized carbons (Fsp3) is 0.400. The summed E-state index contributed by atoms with van der Waals surface area (Å²) < 4.78 is 7.82. The molecule has 0 radical (unpaired) electrons. The zero-order valence-electron chi connectivity index (χ0n) is 10.9. The highest BCUT2D eigenvalue weighted by Crippen LogP contribution is 2.25. The van der Waals surface area contributed by atoms with E-state index in [1.807, 2.05) is 28.8 Å². The van der Waals surface area contributed by atoms with E-state index in [4.69, 9.17) is 4.74 Å². The average Bonchev–Trinajstić information content (AvgIpc) is 2.95. The number of aromatic nitrogens is 1. The SMILES string of the molecule is CC1CCC(Cn2cc(C(=O)O)c3ccccc32)O1. The van der Waals surface area contributed by atoms with Crippen LogP contribution in [-0.2, 0) is 11.3 Å². The molecule has 100 valence electrons. The van der Waals surface area contributed by atoms with E-state index in [9.17, 15) is 9.90 Å². The lowest BCUT2D eigenvalue weighted by molar-refractivity contribution is 0.0464. The Bertz CT molecular complexity index is 617. The first kappa shape index (κ1) is 12.2. The van der Waals surface area contributed by atoms with E-state index >= 15 is 0 Å². The van der Waals surface area contributed by atoms with E-state index in [-0.39, 0.29) is 6.10 Å². The molecule has 2 atom stereocenters. The molecule has 0 aliphatic carbocycles. The van der Waals surface area contributed by atoms with Crippen LogP contribution >= 0.6 is 0 Å². The molecule has 4 heteroatoms. The molecule has 0 saturated carbocycles. The van der Waals surface area contributed by atoms with E-state index < -0.39 is 5.97 Å². The van der Waals surface area contributed by atoms with Gasteiger partial charge in [0.25, 0.3) is 0 Å². The van der Waals surface area contributed by atoms with Gasteiger partial charge in [0.15, 0.2) is 0 Å². The lowest BCUT2D eigenvalue weighted by atomic mass is 10.2. The van der Waals surface area contributed by atoms with Crippen LogP contribution in [-0.4, -0.2) is 27.9 Å². The normalized spacial score (nSPS) is 23.0. The molecule has 1 aromatic heterocycles. The minimum atomic E-state index is -0.879. The van der Waals surface area contributed by atoms with Gasteiger partial charge in [0, 0.05) is 23.6 Å². The van der Waals surface area contributed by atoms with Gasteiger partial charge in [-0.05, 0) is 25.8 Å². The van der Waals surface area contributed by atoms with Crippen LogP contribution in [0.15, 0.2) is 30.5 Å². The standard InChI is InChI=1S/C15H17NO3/c1-10-6-7-11(19-10)8-16-9-13(15(17)18)12-4-2-3-5-14(12)16/h2-5,9-11H,6-8H2,1H3,(H,17,18). The zero-order valence-corrected chi connectivity index (χ0v) is 10.9. The molecule has 2 unspecified atom stereocenters. The smallest absolute Gasteiger partial charge is 0.337 e. The Morgan fingerprint density at radius 1 is 1.42 bits per heavy atom. The molecule has 3 rings (SSSR count). The molecular formula is C15H17NO3. The largest absolute Gasteiger partial charge is 0.478 e. The summed E-state index contributed by atoms with van der Waals surface area (Å²) in [5, 5.41) is 10.0. The van der Waals surface area contributed by atoms with E-state index in [0.29, 0.717) is 11.7 Å². The number of hydrogen-bond acceptors (Lipinski definition) is 2. The summed E-state index contributed by atoms with van der Waals surface area (Å²) in [6.07, 6.45) is 4.34. The molecule has 0 bridgehead atoms. The highest BCUT2D eigenvalue weighted by atomic mass is 16.5. The Kier molecular flexibility index (Phi) is 3.03. The Morgan fingerprint density at radius 2 is 2.21 bits per heavy atom. The third-order valence-electron chi connectivity index (χ3n) is 3.74. The number of ether oxygens (including phenoxy) is 1. The molecule has 1 saturated heterocycles. The predicted octanol–water partition coefficient (Wildman–Crippen LogP) is 2.91. The van der Waals surface area contributed by atoms with Crippen molar-refractivity contribution in [3.05, 3.63) is 36.0 Å². The molecule has 19 heavy (non-hydrogen) atoms. The van der Waals surface area contributed by atoms with Crippen molar-refractivity contribution in [1.29, 1.82) is 0 Å². The van der Waals surface area contributed by atoms with Crippen LogP contribution in [0, 0.1) is 0 Å². The van der Waals surface area contributed by atoms with Crippen LogP contribution in [0.25, 0.3) is 10.9 Å². The Balaban J connectivity index is 1.97. The second kappa shape index (κ2) is 4.70. The molecular weight excluding hydrogens is 242 g/mol. The number of para-hydroxylation sites is 1. The van der Waals surface area contributed by atoms with Crippen LogP contribution < -0.4 is 0 Å². The van der Waals surface area contributed by atoms with E-state index in [2.05, 4.69) is 6.92 Å². The van der Waals surface area contributed by atoms with Crippen molar-refractivity contribution in [3.8, 4) is 0 Å². The number of carboxylic acids is 1. The van der Waals surface area contributed by atoms with E-state index in [0.717, 1.165) is 30.3 Å². The molecule has 1 aromatic carbocycles. The van der Waals surface area contributed by atoms with Gasteiger partial charge < -0.3 is 14.4 Å². The zero-order chi connectivity index (χ0) is 13.4. The minimum absolute atomic E-state index is 0.187. The maximum absolute atomic E-state index is 11.3. The number of rotatable bonds is 3. The summed E-state index contributed by atoms with van der Waals surface area (Å²) in [6.45, 7) is 2.80. The average molecular weight is 259 g/mol. The van der Waals surface area contributed by atoms with Gasteiger partial charge in [-0.3, -0.25) is 0 Å². The highest BCUT2D eigenvalue weighted by molar-refractivity contribution is 6.03. The lowest BCUT2D eigenvalue weighted by Gasteiger charge is -2.13. The minimum Gasteiger partial charge on any atom is -0.478 e. The third kappa shape index (κ3) is 2.24. The molecule has 2 aromatic rings. The molecule has 1 aliphatic rings. The molecule has 2 heterocycles. The number of carboxylic acid groups (broad SMARTS) is 1. The summed E-state index contributed by atoms with van der Waals surface area (Å²) in [7, 11) is 0. The van der Waals surface area contributed by atoms with Crippen molar-refractivity contribution < 1.29 is 14.6 Å². The second-order valence-electron chi connectivity index (χ2n) is 5.16. The third-order valence-corrected chi connectivity index (χ3v) is 3.74. The number of hydrogen-bond donors (Lipinski definition) is 1.